The van der Waals surface area contributed by atoms with Gasteiger partial charge in [0.05, 0.1) is 26.4 Å². The maximum atomic E-state index is 13.1. The Morgan fingerprint density at radius 2 is 0.490 bits per heavy atom. The van der Waals surface area contributed by atoms with Crippen LogP contribution in [0.2, 0.25) is 0 Å². The number of esters is 4. The highest BCUT2D eigenvalue weighted by atomic mass is 31.2. The standard InChI is InChI=1S/C83H154O17P2/c1-5-9-13-17-21-25-29-33-37-38-42-44-48-52-56-60-64-68-81(86)94-74-79(100-83(88)70-66-62-58-54-50-46-41-36-32-28-24-20-16-12-8-4)76-98-102(91,92)96-72-77(84)71-95-101(89,90)97-75-78(99-82(87)69-65-61-57-53-49-45-40-35-31-27-23-19-15-11-7-3)73-93-80(85)67-63-59-55-51-47-43-39-34-30-26-22-18-14-10-6-2/h21,25,33,37,42,44,52,56,77-79,84H,5-20,22-24,26-32,34-36,38-41,43,45-51,53-55,57-76H2,1-4H3,(H,89,90)(H,91,92)/b25-21-,37-33-,44-42-,56-52-/t77-,78+,79+/m0/s1. The van der Waals surface area contributed by atoms with E-state index in [-0.39, 0.29) is 25.7 Å². The summed E-state index contributed by atoms with van der Waals surface area (Å²) >= 11 is 0. The molecule has 5 atom stereocenters. The van der Waals surface area contributed by atoms with Crippen LogP contribution in [0.3, 0.4) is 0 Å². The molecule has 0 radical (unpaired) electrons. The van der Waals surface area contributed by atoms with Crippen molar-refractivity contribution in [1.82, 2.24) is 0 Å². The van der Waals surface area contributed by atoms with Crippen LogP contribution in [0, 0.1) is 0 Å². The fraction of sp³-hybridized carbons (Fsp3) is 0.855. The Labute approximate surface area is 623 Å². The number of carbonyl (C=O) groups excluding carboxylic acids is 4. The van der Waals surface area contributed by atoms with E-state index in [9.17, 15) is 43.2 Å². The van der Waals surface area contributed by atoms with E-state index >= 15 is 0 Å². The van der Waals surface area contributed by atoms with Crippen molar-refractivity contribution in [1.29, 1.82) is 0 Å². The van der Waals surface area contributed by atoms with Gasteiger partial charge in [0.2, 0.25) is 0 Å². The SMILES string of the molecule is CCCCC/C=C\C/C=C\C/C=C\C/C=C\CCCC(=O)OC[C@H](COP(=O)(O)OC[C@@H](O)COP(=O)(O)OC[C@@H](COC(=O)CCCCCCCCCCCCCCCCC)OC(=O)CCCCCCCCCCCCCCCCC)OC(=O)CCCCCCCCCCCCCCCCC. The number of rotatable bonds is 80. The summed E-state index contributed by atoms with van der Waals surface area (Å²) in [5, 5.41) is 10.7. The number of carbonyl (C=O) groups is 4. The molecule has 0 heterocycles. The minimum Gasteiger partial charge on any atom is -0.462 e. The van der Waals surface area contributed by atoms with Gasteiger partial charge in [0.15, 0.2) is 12.2 Å². The van der Waals surface area contributed by atoms with E-state index < -0.39 is 97.5 Å². The molecule has 19 heteroatoms. The first-order valence-corrected chi connectivity index (χ1v) is 44.9. The van der Waals surface area contributed by atoms with E-state index in [4.69, 9.17) is 37.0 Å². The highest BCUT2D eigenvalue weighted by molar-refractivity contribution is 7.47. The first-order chi connectivity index (χ1) is 49.7. The molecule has 0 aromatic heterocycles. The smallest absolute Gasteiger partial charge is 0.462 e. The second-order valence-electron chi connectivity index (χ2n) is 28.4. The lowest BCUT2D eigenvalue weighted by atomic mass is 10.0. The van der Waals surface area contributed by atoms with Gasteiger partial charge in [-0.05, 0) is 64.2 Å². The zero-order chi connectivity index (χ0) is 74.6. The predicted octanol–water partition coefficient (Wildman–Crippen LogP) is 24.5. The lowest BCUT2D eigenvalue weighted by Gasteiger charge is -2.21. The summed E-state index contributed by atoms with van der Waals surface area (Å²) < 4.78 is 68.7. The van der Waals surface area contributed by atoms with Crippen LogP contribution in [-0.4, -0.2) is 96.7 Å². The maximum absolute atomic E-state index is 13.1. The van der Waals surface area contributed by atoms with Crippen LogP contribution >= 0.6 is 15.6 Å². The number of aliphatic hydroxyl groups excluding tert-OH is 1. The third kappa shape index (κ3) is 75.3. The van der Waals surface area contributed by atoms with E-state index in [1.165, 1.54) is 218 Å². The number of aliphatic hydroxyl groups is 1. The number of hydrogen-bond donors (Lipinski definition) is 3. The Bertz CT molecular complexity index is 2120. The first kappa shape index (κ1) is 99.0. The van der Waals surface area contributed by atoms with Crippen LogP contribution in [0.5, 0.6) is 0 Å². The van der Waals surface area contributed by atoms with Crippen LogP contribution in [-0.2, 0) is 65.4 Å². The van der Waals surface area contributed by atoms with Crippen molar-refractivity contribution in [2.75, 3.05) is 39.6 Å². The fourth-order valence-corrected chi connectivity index (χ4v) is 13.5. The Kier molecular flexibility index (Phi) is 74.0. The van der Waals surface area contributed by atoms with Crippen LogP contribution in [0.4, 0.5) is 0 Å². The largest absolute Gasteiger partial charge is 0.472 e. The third-order valence-corrected chi connectivity index (χ3v) is 20.2. The predicted molar refractivity (Wildman–Crippen MR) is 418 cm³/mol. The van der Waals surface area contributed by atoms with E-state index in [1.54, 1.807) is 0 Å². The first-order valence-electron chi connectivity index (χ1n) is 41.9. The van der Waals surface area contributed by atoms with Gasteiger partial charge in [0.1, 0.15) is 19.3 Å². The molecule has 0 aliphatic rings. The van der Waals surface area contributed by atoms with Crippen molar-refractivity contribution < 1.29 is 80.2 Å². The van der Waals surface area contributed by atoms with Crippen LogP contribution < -0.4 is 0 Å². The van der Waals surface area contributed by atoms with Gasteiger partial charge in [-0.2, -0.15) is 0 Å². The van der Waals surface area contributed by atoms with Crippen LogP contribution in [0.1, 0.15) is 400 Å². The normalized spacial score (nSPS) is 14.1. The highest BCUT2D eigenvalue weighted by Crippen LogP contribution is 2.45. The number of ether oxygens (including phenoxy) is 4. The molecular weight excluding hydrogens is 1330 g/mol. The number of unbranched alkanes of at least 4 members (excludes halogenated alkanes) is 46. The molecule has 0 aliphatic heterocycles. The van der Waals surface area contributed by atoms with Gasteiger partial charge in [-0.25, -0.2) is 9.13 Å². The Balaban J connectivity index is 5.35. The Morgan fingerprint density at radius 3 is 0.775 bits per heavy atom. The molecular formula is C83H154O17P2. The average Bonchev–Trinajstić information content (AvgIpc) is 0.923. The van der Waals surface area contributed by atoms with Gasteiger partial charge in [0.25, 0.3) is 0 Å². The summed E-state index contributed by atoms with van der Waals surface area (Å²) in [4.78, 5) is 73.1. The minimum atomic E-state index is -4.98. The van der Waals surface area contributed by atoms with Crippen LogP contribution in [0.25, 0.3) is 0 Å². The van der Waals surface area contributed by atoms with Gasteiger partial charge in [-0.1, -0.05) is 359 Å². The van der Waals surface area contributed by atoms with Gasteiger partial charge in [-0.15, -0.1) is 0 Å². The summed E-state index contributed by atoms with van der Waals surface area (Å²) in [6, 6.07) is 0. The number of allylic oxidation sites excluding steroid dienone is 8. The molecule has 0 fully saturated rings. The Morgan fingerprint density at radius 1 is 0.275 bits per heavy atom. The van der Waals surface area contributed by atoms with Gasteiger partial charge < -0.3 is 33.8 Å². The minimum absolute atomic E-state index is 0.0914. The summed E-state index contributed by atoms with van der Waals surface area (Å²) in [6.07, 6.45) is 75.1. The molecule has 102 heavy (non-hydrogen) atoms. The monoisotopic (exact) mass is 1490 g/mol. The van der Waals surface area contributed by atoms with E-state index in [0.717, 1.165) is 96.3 Å². The zero-order valence-electron chi connectivity index (χ0n) is 65.6. The molecule has 0 spiro atoms. The van der Waals surface area contributed by atoms with Crippen molar-refractivity contribution in [3.8, 4) is 0 Å². The topological polar surface area (TPSA) is 237 Å². The zero-order valence-corrected chi connectivity index (χ0v) is 67.3. The van der Waals surface area contributed by atoms with E-state index in [1.807, 2.05) is 12.2 Å². The highest BCUT2D eigenvalue weighted by Gasteiger charge is 2.30. The molecule has 0 bridgehead atoms. The summed E-state index contributed by atoms with van der Waals surface area (Å²) in [6.45, 7) is 4.90. The molecule has 2 unspecified atom stereocenters. The molecule has 598 valence electrons. The lowest BCUT2D eigenvalue weighted by molar-refractivity contribution is -0.161. The summed E-state index contributed by atoms with van der Waals surface area (Å²) in [5.41, 5.74) is 0. The fourth-order valence-electron chi connectivity index (χ4n) is 11.9. The quantitative estimate of drug-likeness (QED) is 0.0169. The van der Waals surface area contributed by atoms with Gasteiger partial charge in [-0.3, -0.25) is 37.3 Å². The lowest BCUT2D eigenvalue weighted by Crippen LogP contribution is -2.30. The molecule has 0 saturated heterocycles. The molecule has 17 nitrogen and oxygen atoms in total. The average molecular weight is 1490 g/mol. The molecule has 0 aromatic rings. The summed E-state index contributed by atoms with van der Waals surface area (Å²) in [7, 11) is -9.95. The second-order valence-corrected chi connectivity index (χ2v) is 31.4. The number of phosphoric ester groups is 2. The van der Waals surface area contributed by atoms with Crippen molar-refractivity contribution in [3.63, 3.8) is 0 Å². The molecule has 0 amide bonds. The van der Waals surface area contributed by atoms with Crippen molar-refractivity contribution in [2.24, 2.45) is 0 Å². The van der Waals surface area contributed by atoms with Gasteiger partial charge in [0, 0.05) is 25.7 Å². The Hall–Kier alpha value is -2.98. The van der Waals surface area contributed by atoms with Crippen molar-refractivity contribution >= 4 is 39.5 Å². The van der Waals surface area contributed by atoms with Crippen molar-refractivity contribution in [3.05, 3.63) is 48.6 Å². The number of hydrogen-bond acceptors (Lipinski definition) is 15. The maximum Gasteiger partial charge on any atom is 0.472 e. The molecule has 0 saturated carbocycles. The van der Waals surface area contributed by atoms with Crippen molar-refractivity contribution in [2.45, 2.75) is 418 Å². The number of phosphoric acid groups is 2. The van der Waals surface area contributed by atoms with E-state index in [0.29, 0.717) is 32.1 Å². The van der Waals surface area contributed by atoms with Crippen LogP contribution in [0.15, 0.2) is 48.6 Å². The van der Waals surface area contributed by atoms with E-state index in [2.05, 4.69) is 64.2 Å². The third-order valence-electron chi connectivity index (χ3n) is 18.3. The summed E-state index contributed by atoms with van der Waals surface area (Å²) in [5.74, 6) is -2.19. The molecule has 0 aromatic carbocycles. The van der Waals surface area contributed by atoms with Gasteiger partial charge >= 0.3 is 39.5 Å². The second kappa shape index (κ2) is 76.2. The molecule has 0 rings (SSSR count). The molecule has 3 N–H and O–H groups in total. The molecule has 0 aliphatic carbocycles.